The molecule has 1 atom stereocenters. The molecule has 0 fully saturated rings. The van der Waals surface area contributed by atoms with Crippen LogP contribution in [0.2, 0.25) is 0 Å². The maximum Gasteiger partial charge on any atom is 3.00 e. The van der Waals surface area contributed by atoms with E-state index in [-0.39, 0.29) is 51.0 Å². The fourth-order valence-electron chi connectivity index (χ4n) is 6.77. The first-order chi connectivity index (χ1) is 21.8. The van der Waals surface area contributed by atoms with Crippen molar-refractivity contribution < 1.29 is 51.0 Å². The van der Waals surface area contributed by atoms with Crippen molar-refractivity contribution >= 4 is 26.0 Å². The summed E-state index contributed by atoms with van der Waals surface area (Å²) in [6.45, 7) is 2.29. The van der Waals surface area contributed by atoms with E-state index in [4.69, 9.17) is 0 Å². The Labute approximate surface area is 314 Å². The van der Waals surface area contributed by atoms with E-state index in [2.05, 4.69) is 165 Å². The first-order valence-electron chi connectivity index (χ1n) is 15.7. The van der Waals surface area contributed by atoms with Gasteiger partial charge in [-0.2, -0.15) is 18.2 Å². The maximum absolute atomic E-state index is 3.69. The minimum Gasteiger partial charge on any atom is -1.00 e. The van der Waals surface area contributed by atoms with E-state index in [1.54, 1.807) is 0 Å². The Morgan fingerprint density at radius 1 is 0.638 bits per heavy atom. The molecule has 0 saturated carbocycles. The summed E-state index contributed by atoms with van der Waals surface area (Å²) in [4.78, 5) is 0. The van der Waals surface area contributed by atoms with Gasteiger partial charge in [0.2, 0.25) is 0 Å². The fourth-order valence-corrected chi connectivity index (χ4v) is 7.82. The van der Waals surface area contributed by atoms with Crippen LogP contribution in [0.3, 0.4) is 0 Å². The van der Waals surface area contributed by atoms with Gasteiger partial charge < -0.3 is 24.8 Å². The predicted octanol–water partition coefficient (Wildman–Crippen LogP) is 3.40. The van der Waals surface area contributed by atoms with Crippen molar-refractivity contribution in [2.45, 2.75) is 32.1 Å². The number of benzene rings is 6. The number of hydrogen-bond acceptors (Lipinski definition) is 0. The Morgan fingerprint density at radius 3 is 1.89 bits per heavy atom. The minimum atomic E-state index is 0. The second-order valence-electron chi connectivity index (χ2n) is 11.6. The van der Waals surface area contributed by atoms with Crippen LogP contribution in [-0.4, -0.2) is 9.52 Å². The van der Waals surface area contributed by atoms with Crippen LogP contribution in [-0.2, 0) is 32.6 Å². The van der Waals surface area contributed by atoms with Crippen molar-refractivity contribution in [3.8, 4) is 22.3 Å². The maximum atomic E-state index is 3.69. The summed E-state index contributed by atoms with van der Waals surface area (Å²) >= 11 is 0. The second-order valence-corrected chi connectivity index (χ2v) is 13.0. The SMILES string of the molecule is CCCC1=Cc2c(-c3ccccc3)cccc2C1c1[c-]ccc2c1Cc1ccccc1-2.[Cl-].[Cl-].[Zr+3].c1ccc([Si]c2ccccc2)cc1. The summed E-state index contributed by atoms with van der Waals surface area (Å²) in [5.41, 5.74) is 14.1. The largest absolute Gasteiger partial charge is 3.00 e. The summed E-state index contributed by atoms with van der Waals surface area (Å²) in [7, 11) is 0.777. The number of rotatable bonds is 6. The van der Waals surface area contributed by atoms with Crippen LogP contribution in [0, 0.1) is 6.07 Å². The molecule has 3 radical (unpaired) electrons. The van der Waals surface area contributed by atoms with E-state index < -0.39 is 0 Å². The summed E-state index contributed by atoms with van der Waals surface area (Å²) in [5, 5.41) is 2.79. The standard InChI is InChI=1S/C31H25.C12H10Si.2ClH.Zr/c1-2-10-23-20-29-24(21-11-4-3-5-12-21)15-8-17-27(29)31(23)28-18-9-16-26-25-14-7-6-13-22(25)19-30(26)28;1-3-7-11(8-4-1)13-12-9-5-2-6-10-12;;;/h3-9,11-17,20,31H,2,10,19H2,1H3;1-10H;2*1H;/q-1;;;;+3/p-2. The molecule has 0 aliphatic heterocycles. The van der Waals surface area contributed by atoms with E-state index in [0.29, 0.717) is 5.92 Å². The van der Waals surface area contributed by atoms with Gasteiger partial charge >= 0.3 is 26.2 Å². The van der Waals surface area contributed by atoms with Crippen LogP contribution in [0.4, 0.5) is 0 Å². The van der Waals surface area contributed by atoms with E-state index in [9.17, 15) is 0 Å². The number of hydrogen-bond donors (Lipinski definition) is 0. The van der Waals surface area contributed by atoms with Crippen molar-refractivity contribution in [2.24, 2.45) is 0 Å². The third kappa shape index (κ3) is 7.90. The molecular formula is C43H35Cl2SiZr. The third-order valence-corrected chi connectivity index (χ3v) is 9.96. The van der Waals surface area contributed by atoms with Gasteiger partial charge in [-0.05, 0) is 46.2 Å². The summed E-state index contributed by atoms with van der Waals surface area (Å²) in [5.74, 6) is 0.308. The van der Waals surface area contributed by atoms with Crippen molar-refractivity contribution in [2.75, 3.05) is 0 Å². The van der Waals surface area contributed by atoms with Gasteiger partial charge in [0.25, 0.3) is 0 Å². The van der Waals surface area contributed by atoms with Gasteiger partial charge in [-0.3, -0.25) is 0 Å². The minimum absolute atomic E-state index is 0. The normalized spacial score (nSPS) is 13.2. The molecular weight excluding hydrogens is 707 g/mol. The van der Waals surface area contributed by atoms with E-state index in [0.717, 1.165) is 28.8 Å². The molecule has 4 heteroatoms. The monoisotopic (exact) mass is 739 g/mol. The molecule has 0 saturated heterocycles. The fraction of sp³-hybridized carbons (Fsp3) is 0.116. The van der Waals surface area contributed by atoms with E-state index in [1.165, 1.54) is 66.0 Å². The Hall–Kier alpha value is -3.26. The van der Waals surface area contributed by atoms with Crippen LogP contribution < -0.4 is 35.2 Å². The molecule has 6 aromatic carbocycles. The molecule has 229 valence electrons. The molecule has 2 aliphatic carbocycles. The zero-order valence-corrected chi connectivity index (χ0v) is 31.4. The molecule has 0 spiro atoms. The number of allylic oxidation sites excluding steroid dienone is 1. The Morgan fingerprint density at radius 2 is 1.23 bits per heavy atom. The molecule has 0 heterocycles. The van der Waals surface area contributed by atoms with E-state index in [1.807, 2.05) is 0 Å². The zero-order chi connectivity index (χ0) is 29.7. The van der Waals surface area contributed by atoms with Crippen LogP contribution in [0.15, 0.2) is 151 Å². The zero-order valence-electron chi connectivity index (χ0n) is 26.4. The molecule has 6 aromatic rings. The van der Waals surface area contributed by atoms with Crippen LogP contribution in [0.5, 0.6) is 0 Å². The summed E-state index contributed by atoms with van der Waals surface area (Å²) in [6.07, 6.45) is 5.77. The van der Waals surface area contributed by atoms with Crippen LogP contribution in [0.1, 0.15) is 53.5 Å². The molecule has 47 heavy (non-hydrogen) atoms. The van der Waals surface area contributed by atoms with Gasteiger partial charge in [0.05, 0.1) is 0 Å². The average molecular weight is 742 g/mol. The Kier molecular flexibility index (Phi) is 13.4. The molecule has 2 aliphatic rings. The quantitative estimate of drug-likeness (QED) is 0.181. The van der Waals surface area contributed by atoms with Crippen molar-refractivity contribution in [3.05, 3.63) is 185 Å². The molecule has 0 N–H and O–H groups in total. The van der Waals surface area contributed by atoms with Gasteiger partial charge in [-0.25, -0.2) is 0 Å². The number of halogens is 2. The first-order valence-corrected chi connectivity index (χ1v) is 16.7. The van der Waals surface area contributed by atoms with Gasteiger partial charge in [0.15, 0.2) is 0 Å². The predicted molar refractivity (Wildman–Crippen MR) is 188 cm³/mol. The van der Waals surface area contributed by atoms with Crippen molar-refractivity contribution in [1.29, 1.82) is 0 Å². The molecule has 1 unspecified atom stereocenters. The molecule has 0 amide bonds. The molecule has 0 aromatic heterocycles. The summed E-state index contributed by atoms with van der Waals surface area (Å²) in [6, 6.07) is 55.7. The average Bonchev–Trinajstić information content (AvgIpc) is 3.65. The smallest absolute Gasteiger partial charge is 1.00 e. The summed E-state index contributed by atoms with van der Waals surface area (Å²) < 4.78 is 0. The van der Waals surface area contributed by atoms with E-state index >= 15 is 0 Å². The third-order valence-electron chi connectivity index (χ3n) is 8.71. The Balaban J connectivity index is 0.000000266. The molecule has 0 bridgehead atoms. The van der Waals surface area contributed by atoms with Crippen molar-refractivity contribution in [1.82, 2.24) is 0 Å². The van der Waals surface area contributed by atoms with Crippen LogP contribution >= 0.6 is 0 Å². The van der Waals surface area contributed by atoms with Crippen molar-refractivity contribution in [3.63, 3.8) is 0 Å². The number of fused-ring (bicyclic) bond motifs is 4. The molecule has 0 nitrogen and oxygen atoms in total. The van der Waals surface area contributed by atoms with Gasteiger partial charge in [-0.15, -0.1) is 16.7 Å². The van der Waals surface area contributed by atoms with Gasteiger partial charge in [0, 0.05) is 5.92 Å². The Bertz CT molecular complexity index is 1880. The topological polar surface area (TPSA) is 0 Å². The van der Waals surface area contributed by atoms with Gasteiger partial charge in [-0.1, -0.05) is 169 Å². The van der Waals surface area contributed by atoms with Crippen LogP contribution in [0.25, 0.3) is 28.3 Å². The second kappa shape index (κ2) is 17.2. The first kappa shape index (κ1) is 36.6. The van der Waals surface area contributed by atoms with Gasteiger partial charge in [0.1, 0.15) is 9.52 Å². The molecule has 8 rings (SSSR count).